The van der Waals surface area contributed by atoms with E-state index in [0.717, 1.165) is 51.4 Å². The highest BCUT2D eigenvalue weighted by Gasteiger charge is 2.52. The predicted molar refractivity (Wildman–Crippen MR) is 65.5 cm³/mol. The van der Waals surface area contributed by atoms with Crippen molar-refractivity contribution < 1.29 is 14.6 Å². The summed E-state index contributed by atoms with van der Waals surface area (Å²) in [5, 5.41) is 10.9. The van der Waals surface area contributed by atoms with Gasteiger partial charge in [0, 0.05) is 0 Å². The maximum Gasteiger partial charge on any atom is 0.338 e. The van der Waals surface area contributed by atoms with Gasteiger partial charge in [-0.3, -0.25) is 0 Å². The van der Waals surface area contributed by atoms with Crippen molar-refractivity contribution in [2.45, 2.75) is 63.9 Å². The minimum Gasteiger partial charge on any atom is -0.464 e. The number of esters is 1. The van der Waals surface area contributed by atoms with Crippen LogP contribution >= 0.6 is 0 Å². The van der Waals surface area contributed by atoms with Crippen molar-refractivity contribution in [2.75, 3.05) is 6.61 Å². The van der Waals surface area contributed by atoms with E-state index in [0.29, 0.717) is 6.61 Å². The van der Waals surface area contributed by atoms with Gasteiger partial charge in [-0.2, -0.15) is 0 Å². The first-order valence-electron chi connectivity index (χ1n) is 7.09. The normalized spacial score (nSPS) is 23.2. The van der Waals surface area contributed by atoms with E-state index in [1.54, 1.807) is 0 Å². The molecule has 0 amide bonds. The van der Waals surface area contributed by atoms with Crippen LogP contribution in [0.1, 0.15) is 58.3 Å². The molecule has 0 aromatic heterocycles. The maximum absolute atomic E-state index is 12.2. The first-order chi connectivity index (χ1) is 8.19. The van der Waals surface area contributed by atoms with E-state index in [9.17, 15) is 9.90 Å². The Bertz CT molecular complexity index is 247. The molecular formula is C14H24O3. The number of carbonyl (C=O) groups excluding carboxylic acids is 1. The molecular weight excluding hydrogens is 216 g/mol. The van der Waals surface area contributed by atoms with Gasteiger partial charge >= 0.3 is 5.97 Å². The van der Waals surface area contributed by atoms with Crippen LogP contribution < -0.4 is 0 Å². The van der Waals surface area contributed by atoms with Crippen molar-refractivity contribution in [2.24, 2.45) is 11.8 Å². The Kier molecular flexibility index (Phi) is 4.08. The molecule has 0 unspecified atom stereocenters. The number of aliphatic hydroxyl groups is 1. The fourth-order valence-corrected chi connectivity index (χ4v) is 3.65. The second-order valence-corrected chi connectivity index (χ2v) is 5.51. The van der Waals surface area contributed by atoms with Gasteiger partial charge in [0.05, 0.1) is 6.61 Å². The average molecular weight is 240 g/mol. The Morgan fingerprint density at radius 2 is 1.53 bits per heavy atom. The summed E-state index contributed by atoms with van der Waals surface area (Å²) in [5.41, 5.74) is -1.19. The van der Waals surface area contributed by atoms with Gasteiger partial charge in [0.1, 0.15) is 0 Å². The molecule has 0 atom stereocenters. The maximum atomic E-state index is 12.2. The monoisotopic (exact) mass is 240 g/mol. The lowest BCUT2D eigenvalue weighted by atomic mass is 9.75. The van der Waals surface area contributed by atoms with Crippen molar-refractivity contribution in [3.8, 4) is 0 Å². The van der Waals surface area contributed by atoms with Crippen LogP contribution in [0.5, 0.6) is 0 Å². The van der Waals surface area contributed by atoms with Gasteiger partial charge in [-0.15, -0.1) is 0 Å². The fourth-order valence-electron chi connectivity index (χ4n) is 3.65. The molecule has 98 valence electrons. The van der Waals surface area contributed by atoms with Crippen LogP contribution in [0.2, 0.25) is 0 Å². The molecule has 17 heavy (non-hydrogen) atoms. The van der Waals surface area contributed by atoms with Crippen molar-refractivity contribution >= 4 is 5.97 Å². The number of carbonyl (C=O) groups is 1. The summed E-state index contributed by atoms with van der Waals surface area (Å²) in [6.07, 6.45) is 8.46. The van der Waals surface area contributed by atoms with Crippen LogP contribution in [0.3, 0.4) is 0 Å². The zero-order chi connectivity index (χ0) is 12.3. The highest BCUT2D eigenvalue weighted by molar-refractivity contribution is 5.80. The zero-order valence-electron chi connectivity index (χ0n) is 10.8. The summed E-state index contributed by atoms with van der Waals surface area (Å²) >= 11 is 0. The zero-order valence-corrected chi connectivity index (χ0v) is 10.8. The Hall–Kier alpha value is -0.570. The minimum absolute atomic E-state index is 0.129. The first-order valence-corrected chi connectivity index (χ1v) is 7.09. The Labute approximate surface area is 104 Å². The molecule has 0 aromatic rings. The Balaban J connectivity index is 2.17. The largest absolute Gasteiger partial charge is 0.464 e. The average Bonchev–Trinajstić information content (AvgIpc) is 3.01. The summed E-state index contributed by atoms with van der Waals surface area (Å²) < 4.78 is 5.14. The second kappa shape index (κ2) is 5.38. The van der Waals surface area contributed by atoms with Crippen LogP contribution in [-0.2, 0) is 9.53 Å². The summed E-state index contributed by atoms with van der Waals surface area (Å²) in [4.78, 5) is 12.2. The van der Waals surface area contributed by atoms with E-state index >= 15 is 0 Å². The summed E-state index contributed by atoms with van der Waals surface area (Å²) in [6, 6.07) is 0. The third-order valence-electron chi connectivity index (χ3n) is 4.56. The molecule has 3 nitrogen and oxygen atoms in total. The molecule has 0 heterocycles. The van der Waals surface area contributed by atoms with Gasteiger partial charge in [-0.05, 0) is 44.4 Å². The molecule has 3 heteroatoms. The third-order valence-corrected chi connectivity index (χ3v) is 4.56. The molecule has 0 bridgehead atoms. The van der Waals surface area contributed by atoms with Gasteiger partial charge in [0.15, 0.2) is 5.60 Å². The van der Waals surface area contributed by atoms with Crippen molar-refractivity contribution in [1.29, 1.82) is 0 Å². The van der Waals surface area contributed by atoms with E-state index in [4.69, 9.17) is 4.74 Å². The van der Waals surface area contributed by atoms with Gasteiger partial charge in [-0.1, -0.05) is 25.7 Å². The van der Waals surface area contributed by atoms with Gasteiger partial charge in [-0.25, -0.2) is 4.79 Å². The van der Waals surface area contributed by atoms with Gasteiger partial charge < -0.3 is 9.84 Å². The highest BCUT2D eigenvalue weighted by Crippen LogP contribution is 2.45. The summed E-state index contributed by atoms with van der Waals surface area (Å²) in [6.45, 7) is 2.17. The van der Waals surface area contributed by atoms with Gasteiger partial charge in [0.25, 0.3) is 0 Å². The van der Waals surface area contributed by atoms with Crippen LogP contribution in [-0.4, -0.2) is 23.3 Å². The van der Waals surface area contributed by atoms with Crippen molar-refractivity contribution in [3.05, 3.63) is 0 Å². The number of hydrogen-bond acceptors (Lipinski definition) is 3. The molecule has 2 rings (SSSR count). The third kappa shape index (κ3) is 2.35. The number of ether oxygens (including phenoxy) is 1. The van der Waals surface area contributed by atoms with Gasteiger partial charge in [0.2, 0.25) is 0 Å². The standard InChI is InChI=1S/C14H24O3/c1-2-17-13(15)14(16,11-7-3-4-8-11)12-9-5-6-10-12/h11-12,16H,2-10H2,1H3. The lowest BCUT2D eigenvalue weighted by molar-refractivity contribution is -0.179. The molecule has 2 aliphatic carbocycles. The lowest BCUT2D eigenvalue weighted by Gasteiger charge is -2.36. The summed E-state index contributed by atoms with van der Waals surface area (Å²) in [7, 11) is 0. The van der Waals surface area contributed by atoms with E-state index in [-0.39, 0.29) is 17.8 Å². The predicted octanol–water partition coefficient (Wildman–Crippen LogP) is 2.66. The van der Waals surface area contributed by atoms with E-state index < -0.39 is 5.60 Å². The molecule has 0 spiro atoms. The molecule has 0 radical (unpaired) electrons. The Morgan fingerprint density at radius 3 is 1.88 bits per heavy atom. The number of rotatable bonds is 4. The summed E-state index contributed by atoms with van der Waals surface area (Å²) in [5.74, 6) is -0.104. The molecule has 2 saturated carbocycles. The molecule has 0 saturated heterocycles. The van der Waals surface area contributed by atoms with Crippen LogP contribution in [0.4, 0.5) is 0 Å². The molecule has 2 aliphatic rings. The van der Waals surface area contributed by atoms with Crippen molar-refractivity contribution in [3.63, 3.8) is 0 Å². The van der Waals surface area contributed by atoms with E-state index in [2.05, 4.69) is 0 Å². The smallest absolute Gasteiger partial charge is 0.338 e. The van der Waals surface area contributed by atoms with Crippen LogP contribution in [0.25, 0.3) is 0 Å². The highest BCUT2D eigenvalue weighted by atomic mass is 16.5. The first kappa shape index (κ1) is 12.9. The van der Waals surface area contributed by atoms with E-state index in [1.165, 1.54) is 0 Å². The molecule has 0 aromatic carbocycles. The van der Waals surface area contributed by atoms with Crippen LogP contribution in [0.15, 0.2) is 0 Å². The quantitative estimate of drug-likeness (QED) is 0.768. The number of hydrogen-bond donors (Lipinski definition) is 1. The topological polar surface area (TPSA) is 46.5 Å². The van der Waals surface area contributed by atoms with Crippen molar-refractivity contribution in [1.82, 2.24) is 0 Å². The molecule has 2 fully saturated rings. The Morgan fingerprint density at radius 1 is 1.12 bits per heavy atom. The molecule has 1 N–H and O–H groups in total. The van der Waals surface area contributed by atoms with Crippen LogP contribution in [0, 0.1) is 11.8 Å². The fraction of sp³-hybridized carbons (Fsp3) is 0.929. The lowest BCUT2D eigenvalue weighted by Crippen LogP contribution is -2.51. The minimum atomic E-state index is -1.19. The second-order valence-electron chi connectivity index (χ2n) is 5.51. The molecule has 0 aliphatic heterocycles. The van der Waals surface area contributed by atoms with E-state index in [1.807, 2.05) is 6.92 Å². The SMILES string of the molecule is CCOC(=O)C(O)(C1CCCC1)C1CCCC1.